The average molecular weight is 228 g/mol. The molecule has 0 radical (unpaired) electrons. The van der Waals surface area contributed by atoms with Gasteiger partial charge in [-0.15, -0.1) is 0 Å². The second-order valence-corrected chi connectivity index (χ2v) is 6.49. The molecule has 2 aliphatic heterocycles. The van der Waals surface area contributed by atoms with Crippen LogP contribution in [0.4, 0.5) is 0 Å². The predicted octanol–water partition coefficient (Wildman–Crippen LogP) is 4.00. The van der Waals surface area contributed by atoms with Gasteiger partial charge in [0.1, 0.15) is 0 Å². The Labute approximate surface area is 90.1 Å². The van der Waals surface area contributed by atoms with Crippen molar-refractivity contribution in [3.05, 3.63) is 22.0 Å². The first-order valence-electron chi connectivity index (χ1n) is 5.22. The Kier molecular flexibility index (Phi) is 2.86. The molecule has 2 atom stereocenters. The van der Waals surface area contributed by atoms with E-state index in [9.17, 15) is 0 Å². The van der Waals surface area contributed by atoms with E-state index in [0.29, 0.717) is 0 Å². The molecule has 0 aromatic rings. The fourth-order valence-electron chi connectivity index (χ4n) is 2.07. The van der Waals surface area contributed by atoms with Crippen LogP contribution >= 0.6 is 17.5 Å². The molecule has 2 nitrogen and oxygen atoms in total. The summed E-state index contributed by atoms with van der Waals surface area (Å²) in [6, 6.07) is 0. The topological polar surface area (TPSA) is 6.48 Å². The number of hydrogen-bond donors (Lipinski definition) is 0. The zero-order valence-electron chi connectivity index (χ0n) is 9.31. The van der Waals surface area contributed by atoms with Crippen molar-refractivity contribution >= 4 is 17.5 Å². The highest BCUT2D eigenvalue weighted by Crippen LogP contribution is 2.58. The highest BCUT2D eigenvalue weighted by atomic mass is 31.1. The summed E-state index contributed by atoms with van der Waals surface area (Å²) in [6.45, 7) is 9.08. The third-order valence-corrected chi connectivity index (χ3v) is 5.61. The quantitative estimate of drug-likeness (QED) is 0.659. The first kappa shape index (κ1) is 10.5. The molecule has 0 fully saturated rings. The molecule has 0 aliphatic carbocycles. The Morgan fingerprint density at radius 3 is 1.50 bits per heavy atom. The van der Waals surface area contributed by atoms with Crippen molar-refractivity contribution in [2.75, 3.05) is 0 Å². The zero-order chi connectivity index (χ0) is 10.3. The normalized spacial score (nSPS) is 24.9. The molecular weight excluding hydrogens is 210 g/mol. The van der Waals surface area contributed by atoms with Crippen LogP contribution in [0.2, 0.25) is 0 Å². The van der Waals surface area contributed by atoms with Gasteiger partial charge in [-0.25, -0.2) is 0 Å². The van der Waals surface area contributed by atoms with Gasteiger partial charge in [0.2, 0.25) is 0 Å². The maximum Gasteiger partial charge on any atom is 0.0439 e. The maximum absolute atomic E-state index is 2.50. The van der Waals surface area contributed by atoms with Gasteiger partial charge in [-0.2, -0.15) is 0 Å². The summed E-state index contributed by atoms with van der Waals surface area (Å²) in [6.07, 6.45) is 2.35. The van der Waals surface area contributed by atoms with Gasteiger partial charge in [-0.3, -0.25) is 9.56 Å². The van der Waals surface area contributed by atoms with Crippen molar-refractivity contribution in [3.8, 4) is 0 Å². The van der Waals surface area contributed by atoms with Crippen LogP contribution in [0.25, 0.3) is 0 Å². The van der Waals surface area contributed by atoms with E-state index in [1.165, 1.54) is 12.8 Å². The van der Waals surface area contributed by atoms with E-state index < -0.39 is 0 Å². The highest BCUT2D eigenvalue weighted by Gasteiger charge is 2.33. The van der Waals surface area contributed by atoms with Gasteiger partial charge in [0, 0.05) is 28.9 Å². The summed E-state index contributed by atoms with van der Waals surface area (Å²) >= 11 is 0. The third kappa shape index (κ3) is 1.40. The maximum atomic E-state index is 2.50. The van der Waals surface area contributed by atoms with E-state index in [2.05, 4.69) is 37.3 Å². The van der Waals surface area contributed by atoms with Crippen LogP contribution in [0.5, 0.6) is 0 Å². The van der Waals surface area contributed by atoms with E-state index in [4.69, 9.17) is 0 Å². The Bertz CT molecular complexity index is 288. The van der Waals surface area contributed by atoms with Gasteiger partial charge < -0.3 is 0 Å². The van der Waals surface area contributed by atoms with Crippen LogP contribution in [0, 0.1) is 0 Å². The fraction of sp³-hybridized carbons (Fsp3) is 0.600. The second-order valence-electron chi connectivity index (χ2n) is 3.70. The number of nitrogens with zero attached hydrogens (tertiary/aromatic N) is 2. The van der Waals surface area contributed by atoms with Crippen molar-refractivity contribution in [1.29, 1.82) is 0 Å². The largest absolute Gasteiger partial charge is 0.265 e. The summed E-state index contributed by atoms with van der Waals surface area (Å²) in [4.78, 5) is 0. The van der Waals surface area contributed by atoms with Crippen LogP contribution in [0.15, 0.2) is 22.0 Å². The molecule has 0 aromatic carbocycles. The number of rotatable bonds is 2. The Balaban J connectivity index is 2.25. The van der Waals surface area contributed by atoms with Crippen LogP contribution in [-0.4, -0.2) is 9.56 Å². The minimum absolute atomic E-state index is 0.865. The lowest BCUT2D eigenvalue weighted by molar-refractivity contribution is 0.304. The van der Waals surface area contributed by atoms with Crippen LogP contribution in [0.3, 0.4) is 0 Å². The molecule has 14 heavy (non-hydrogen) atoms. The molecule has 2 rings (SSSR count). The van der Waals surface area contributed by atoms with Crippen molar-refractivity contribution in [2.45, 2.75) is 40.5 Å². The van der Waals surface area contributed by atoms with E-state index in [1.54, 1.807) is 22.0 Å². The van der Waals surface area contributed by atoms with Crippen molar-refractivity contribution < 1.29 is 0 Å². The highest BCUT2D eigenvalue weighted by molar-refractivity contribution is 7.46. The third-order valence-electron chi connectivity index (χ3n) is 2.79. The lowest BCUT2D eigenvalue weighted by atomic mass is 10.3. The lowest BCUT2D eigenvalue weighted by Gasteiger charge is -2.27. The molecule has 0 saturated carbocycles. The predicted molar refractivity (Wildman–Crippen MR) is 66.3 cm³/mol. The number of hydrazine groups is 1. The van der Waals surface area contributed by atoms with Crippen molar-refractivity contribution in [2.24, 2.45) is 0 Å². The van der Waals surface area contributed by atoms with Gasteiger partial charge in [0.25, 0.3) is 0 Å². The number of fused-ring (bicyclic) bond motifs is 1. The van der Waals surface area contributed by atoms with Gasteiger partial charge in [-0.1, -0.05) is 13.8 Å². The standard InChI is InChI=1S/C10H18N2P2/c1-5-9-7(3)13-12-10(6-2)8(4)14-11(9)12/h13-14H,5-6H2,1-4H3. The fourth-order valence-corrected chi connectivity index (χ4v) is 5.42. The summed E-state index contributed by atoms with van der Waals surface area (Å²) in [5, 5.41) is 3.16. The van der Waals surface area contributed by atoms with E-state index in [-0.39, 0.29) is 0 Å². The Morgan fingerprint density at radius 2 is 1.21 bits per heavy atom. The van der Waals surface area contributed by atoms with E-state index >= 15 is 0 Å². The molecule has 4 heteroatoms. The first-order chi connectivity index (χ1) is 6.69. The molecule has 0 saturated heterocycles. The second kappa shape index (κ2) is 3.83. The van der Waals surface area contributed by atoms with Gasteiger partial charge in [0.05, 0.1) is 0 Å². The smallest absolute Gasteiger partial charge is 0.0439 e. The molecule has 2 aliphatic rings. The van der Waals surface area contributed by atoms with Gasteiger partial charge in [0.15, 0.2) is 0 Å². The van der Waals surface area contributed by atoms with E-state index in [0.717, 1.165) is 17.5 Å². The summed E-state index contributed by atoms with van der Waals surface area (Å²) in [5.41, 5.74) is 3.12. The monoisotopic (exact) mass is 228 g/mol. The number of allylic oxidation sites excluding steroid dienone is 4. The molecule has 0 bridgehead atoms. The summed E-state index contributed by atoms with van der Waals surface area (Å²) in [7, 11) is 1.73. The molecule has 0 N–H and O–H groups in total. The van der Waals surface area contributed by atoms with Crippen molar-refractivity contribution in [3.63, 3.8) is 0 Å². The molecule has 0 spiro atoms. The molecule has 0 amide bonds. The summed E-state index contributed by atoms with van der Waals surface area (Å²) in [5.74, 6) is 0. The van der Waals surface area contributed by atoms with Crippen LogP contribution in [0.1, 0.15) is 40.5 Å². The van der Waals surface area contributed by atoms with Gasteiger partial charge in [-0.05, 0) is 37.3 Å². The van der Waals surface area contributed by atoms with Crippen molar-refractivity contribution in [1.82, 2.24) is 9.56 Å². The van der Waals surface area contributed by atoms with Gasteiger partial charge >= 0.3 is 0 Å². The summed E-state index contributed by atoms with van der Waals surface area (Å²) < 4.78 is 5.00. The Morgan fingerprint density at radius 1 is 0.857 bits per heavy atom. The lowest BCUT2D eigenvalue weighted by Crippen LogP contribution is -2.19. The molecule has 2 heterocycles. The minimum Gasteiger partial charge on any atom is -0.265 e. The van der Waals surface area contributed by atoms with Crippen LogP contribution in [-0.2, 0) is 0 Å². The molecule has 78 valence electrons. The zero-order valence-corrected chi connectivity index (χ0v) is 11.3. The minimum atomic E-state index is 0.865. The number of hydrogen-bond acceptors (Lipinski definition) is 2. The molecule has 2 unspecified atom stereocenters. The molecular formula is C10H18N2P2. The molecule has 0 aromatic heterocycles. The van der Waals surface area contributed by atoms with E-state index in [1.807, 2.05) is 0 Å². The first-order valence-corrected chi connectivity index (χ1v) is 7.11. The average Bonchev–Trinajstić information content (AvgIpc) is 2.58. The Hall–Kier alpha value is -0.0600. The SMILES string of the molecule is CCC1=C(C)PN2C(CC)=C(C)PN12. The van der Waals surface area contributed by atoms with Crippen LogP contribution < -0.4 is 0 Å².